The highest BCUT2D eigenvalue weighted by Crippen LogP contribution is 2.26. The van der Waals surface area contributed by atoms with Crippen molar-refractivity contribution in [2.45, 2.75) is 12.5 Å². The SMILES string of the molecule is CN(C(=O)COC(=O)/C=C/c1cccc(Cl)c1Cl)C1CCS(=O)(=O)C1. The smallest absolute Gasteiger partial charge is 0.331 e. The van der Waals surface area contributed by atoms with Crippen molar-refractivity contribution in [2.75, 3.05) is 25.2 Å². The van der Waals surface area contributed by atoms with Crippen molar-refractivity contribution in [3.05, 3.63) is 39.9 Å². The molecule has 0 aromatic heterocycles. The first-order chi connectivity index (χ1) is 11.7. The van der Waals surface area contributed by atoms with Crippen LogP contribution in [0.25, 0.3) is 6.08 Å². The van der Waals surface area contributed by atoms with Gasteiger partial charge in [0.1, 0.15) is 0 Å². The highest BCUT2D eigenvalue weighted by Gasteiger charge is 2.32. The minimum atomic E-state index is -3.09. The lowest BCUT2D eigenvalue weighted by molar-refractivity contribution is -0.148. The highest BCUT2D eigenvalue weighted by atomic mass is 35.5. The van der Waals surface area contributed by atoms with E-state index in [1.807, 2.05) is 0 Å². The molecule has 1 aromatic rings. The number of benzene rings is 1. The van der Waals surface area contributed by atoms with E-state index in [1.54, 1.807) is 18.2 Å². The zero-order valence-corrected chi connectivity index (χ0v) is 15.8. The molecule has 0 radical (unpaired) electrons. The summed E-state index contributed by atoms with van der Waals surface area (Å²) in [7, 11) is -1.59. The van der Waals surface area contributed by atoms with Gasteiger partial charge < -0.3 is 9.64 Å². The summed E-state index contributed by atoms with van der Waals surface area (Å²) < 4.78 is 27.8. The lowest BCUT2D eigenvalue weighted by atomic mass is 10.2. The molecule has 1 aliphatic heterocycles. The zero-order chi connectivity index (χ0) is 18.6. The van der Waals surface area contributed by atoms with E-state index in [2.05, 4.69) is 0 Å². The third kappa shape index (κ3) is 5.45. The van der Waals surface area contributed by atoms with Crippen molar-refractivity contribution >= 4 is 51.0 Å². The molecule has 9 heteroatoms. The average Bonchev–Trinajstić information content (AvgIpc) is 2.93. The van der Waals surface area contributed by atoms with Gasteiger partial charge in [-0.05, 0) is 24.1 Å². The number of carbonyl (C=O) groups is 2. The molecule has 0 N–H and O–H groups in total. The van der Waals surface area contributed by atoms with Crippen molar-refractivity contribution in [3.8, 4) is 0 Å². The van der Waals surface area contributed by atoms with Crippen LogP contribution in [0.2, 0.25) is 10.0 Å². The molecule has 1 fully saturated rings. The zero-order valence-electron chi connectivity index (χ0n) is 13.4. The van der Waals surface area contributed by atoms with Crippen LogP contribution >= 0.6 is 23.2 Å². The van der Waals surface area contributed by atoms with Gasteiger partial charge in [-0.15, -0.1) is 0 Å². The molecule has 1 aliphatic rings. The number of hydrogen-bond donors (Lipinski definition) is 0. The van der Waals surface area contributed by atoms with E-state index in [1.165, 1.54) is 18.0 Å². The minimum absolute atomic E-state index is 0.0592. The first kappa shape index (κ1) is 19.8. The Balaban J connectivity index is 1.86. The number of amides is 1. The highest BCUT2D eigenvalue weighted by molar-refractivity contribution is 7.91. The summed E-state index contributed by atoms with van der Waals surface area (Å²) in [4.78, 5) is 25.0. The van der Waals surface area contributed by atoms with Crippen molar-refractivity contribution < 1.29 is 22.7 Å². The van der Waals surface area contributed by atoms with Crippen molar-refractivity contribution in [2.24, 2.45) is 0 Å². The first-order valence-electron chi connectivity index (χ1n) is 7.44. The van der Waals surface area contributed by atoms with Crippen molar-refractivity contribution in [3.63, 3.8) is 0 Å². The monoisotopic (exact) mass is 405 g/mol. The third-order valence-electron chi connectivity index (χ3n) is 3.87. The molecule has 6 nitrogen and oxygen atoms in total. The Hall–Kier alpha value is -1.57. The molecule has 1 amide bonds. The van der Waals surface area contributed by atoms with Gasteiger partial charge in [0.25, 0.3) is 5.91 Å². The molecule has 0 aliphatic carbocycles. The van der Waals surface area contributed by atoms with Crippen LogP contribution in [-0.2, 0) is 24.2 Å². The summed E-state index contributed by atoms with van der Waals surface area (Å²) in [5, 5.41) is 0.673. The average molecular weight is 406 g/mol. The summed E-state index contributed by atoms with van der Waals surface area (Å²) in [5.41, 5.74) is 0.547. The molecule has 0 saturated carbocycles. The fourth-order valence-corrected chi connectivity index (χ4v) is 4.52. The van der Waals surface area contributed by atoms with Gasteiger partial charge in [0.05, 0.1) is 21.6 Å². The number of sulfone groups is 1. The van der Waals surface area contributed by atoms with Crippen LogP contribution in [0.3, 0.4) is 0 Å². The van der Waals surface area contributed by atoms with Crippen molar-refractivity contribution in [1.82, 2.24) is 4.90 Å². The van der Waals surface area contributed by atoms with E-state index < -0.39 is 28.3 Å². The lowest BCUT2D eigenvalue weighted by Gasteiger charge is -2.22. The van der Waals surface area contributed by atoms with E-state index in [-0.39, 0.29) is 17.5 Å². The molecule has 1 aromatic carbocycles. The Morgan fingerprint density at radius 3 is 2.72 bits per heavy atom. The van der Waals surface area contributed by atoms with Gasteiger partial charge in [0.2, 0.25) is 0 Å². The lowest BCUT2D eigenvalue weighted by Crippen LogP contribution is -2.40. The Bertz CT molecular complexity index is 807. The molecular weight excluding hydrogens is 389 g/mol. The standard InChI is InChI=1S/C16H17Cl2NO5S/c1-19(12-7-8-25(22,23)10-12)14(20)9-24-15(21)6-5-11-3-2-4-13(17)16(11)18/h2-6,12H,7-10H2,1H3/b6-5+. The molecule has 1 heterocycles. The van der Waals surface area contributed by atoms with Crippen LogP contribution in [0.4, 0.5) is 0 Å². The number of hydrogen-bond acceptors (Lipinski definition) is 5. The number of ether oxygens (including phenoxy) is 1. The Kier molecular flexibility index (Phi) is 6.48. The largest absolute Gasteiger partial charge is 0.452 e. The number of esters is 1. The molecule has 1 unspecified atom stereocenters. The Morgan fingerprint density at radius 2 is 2.08 bits per heavy atom. The van der Waals surface area contributed by atoms with E-state index in [0.29, 0.717) is 22.0 Å². The molecule has 0 bridgehead atoms. The number of carbonyl (C=O) groups excluding carboxylic acids is 2. The molecule has 1 saturated heterocycles. The van der Waals surface area contributed by atoms with Gasteiger partial charge in [-0.1, -0.05) is 35.3 Å². The van der Waals surface area contributed by atoms with Gasteiger partial charge in [0.15, 0.2) is 16.4 Å². The maximum atomic E-state index is 12.0. The minimum Gasteiger partial charge on any atom is -0.452 e. The van der Waals surface area contributed by atoms with Crippen LogP contribution in [0.15, 0.2) is 24.3 Å². The number of nitrogens with zero attached hydrogens (tertiary/aromatic N) is 1. The second kappa shape index (κ2) is 8.21. The summed E-state index contributed by atoms with van der Waals surface area (Å²) in [6, 6.07) is 4.61. The summed E-state index contributed by atoms with van der Waals surface area (Å²) in [6.45, 7) is -0.459. The predicted molar refractivity (Wildman–Crippen MR) is 96.3 cm³/mol. The molecular formula is C16H17Cl2NO5S. The Labute approximate surface area is 156 Å². The van der Waals surface area contributed by atoms with Crippen LogP contribution in [-0.4, -0.2) is 56.4 Å². The first-order valence-corrected chi connectivity index (χ1v) is 10.0. The van der Waals surface area contributed by atoms with E-state index >= 15 is 0 Å². The van der Waals surface area contributed by atoms with Gasteiger partial charge in [0, 0.05) is 19.2 Å². The molecule has 1 atom stereocenters. The van der Waals surface area contributed by atoms with Crippen LogP contribution in [0.5, 0.6) is 0 Å². The fourth-order valence-electron chi connectivity index (χ4n) is 2.37. The van der Waals surface area contributed by atoms with Gasteiger partial charge in [-0.2, -0.15) is 0 Å². The number of rotatable bonds is 5. The van der Waals surface area contributed by atoms with Gasteiger partial charge >= 0.3 is 5.97 Å². The molecule has 0 spiro atoms. The summed E-state index contributed by atoms with van der Waals surface area (Å²) in [5.74, 6) is -1.16. The van der Waals surface area contributed by atoms with Crippen molar-refractivity contribution in [1.29, 1.82) is 0 Å². The second-order valence-corrected chi connectivity index (χ2v) is 8.66. The number of halogens is 2. The normalized spacial score (nSPS) is 19.1. The van der Waals surface area contributed by atoms with Gasteiger partial charge in [-0.3, -0.25) is 4.79 Å². The van der Waals surface area contributed by atoms with E-state index in [4.69, 9.17) is 27.9 Å². The maximum absolute atomic E-state index is 12.0. The fraction of sp³-hybridized carbons (Fsp3) is 0.375. The van der Waals surface area contributed by atoms with Crippen LogP contribution < -0.4 is 0 Å². The molecule has 136 valence electrons. The summed E-state index contributed by atoms with van der Waals surface area (Å²) in [6.07, 6.45) is 2.98. The molecule has 25 heavy (non-hydrogen) atoms. The summed E-state index contributed by atoms with van der Waals surface area (Å²) >= 11 is 11.9. The third-order valence-corrected chi connectivity index (χ3v) is 6.45. The maximum Gasteiger partial charge on any atom is 0.331 e. The van der Waals surface area contributed by atoms with Crippen LogP contribution in [0.1, 0.15) is 12.0 Å². The quantitative estimate of drug-likeness (QED) is 0.553. The van der Waals surface area contributed by atoms with Gasteiger partial charge in [-0.25, -0.2) is 13.2 Å². The predicted octanol–water partition coefficient (Wildman–Crippen LogP) is 2.20. The van der Waals surface area contributed by atoms with Crippen LogP contribution in [0, 0.1) is 0 Å². The molecule has 2 rings (SSSR count). The van der Waals surface area contributed by atoms with E-state index in [9.17, 15) is 18.0 Å². The van der Waals surface area contributed by atoms with E-state index in [0.717, 1.165) is 6.08 Å². The second-order valence-electron chi connectivity index (χ2n) is 5.65. The topological polar surface area (TPSA) is 80.8 Å². The Morgan fingerprint density at radius 1 is 1.36 bits per heavy atom. The number of likely N-dealkylation sites (N-methyl/N-ethyl adjacent to an activating group) is 1.